The van der Waals surface area contributed by atoms with Crippen molar-refractivity contribution >= 4 is 11.9 Å². The quantitative estimate of drug-likeness (QED) is 0.839. The van der Waals surface area contributed by atoms with E-state index < -0.39 is 18.0 Å². The van der Waals surface area contributed by atoms with Gasteiger partial charge in [-0.05, 0) is 12.1 Å². The van der Waals surface area contributed by atoms with Crippen molar-refractivity contribution in [3.05, 3.63) is 66.0 Å². The van der Waals surface area contributed by atoms with Crippen molar-refractivity contribution in [2.24, 2.45) is 5.73 Å². The molecule has 2 rings (SSSR count). The lowest BCUT2D eigenvalue weighted by molar-refractivity contribution is -0.127. The van der Waals surface area contributed by atoms with Gasteiger partial charge in [0.25, 0.3) is 5.91 Å². The molecule has 0 radical (unpaired) electrons. The van der Waals surface area contributed by atoms with E-state index in [0.717, 1.165) is 0 Å². The zero-order valence-electron chi connectivity index (χ0n) is 10.0. The second kappa shape index (κ2) is 5.77. The molecule has 1 unspecified atom stereocenters. The summed E-state index contributed by atoms with van der Waals surface area (Å²) in [6.45, 7) is 0. The number of rotatable bonds is 4. The van der Waals surface area contributed by atoms with Crippen LogP contribution in [0.25, 0.3) is 0 Å². The number of hydrogen-bond donors (Lipinski definition) is 1. The highest BCUT2D eigenvalue weighted by atomic mass is 16.5. The molecule has 1 amide bonds. The molecule has 1 heterocycles. The van der Waals surface area contributed by atoms with Gasteiger partial charge < -0.3 is 10.5 Å². The van der Waals surface area contributed by atoms with Crippen molar-refractivity contribution in [3.8, 4) is 0 Å². The number of ether oxygens (including phenoxy) is 1. The van der Waals surface area contributed by atoms with Gasteiger partial charge in [0.1, 0.15) is 5.69 Å². The van der Waals surface area contributed by atoms with Gasteiger partial charge >= 0.3 is 5.97 Å². The highest BCUT2D eigenvalue weighted by molar-refractivity contribution is 5.90. The van der Waals surface area contributed by atoms with Crippen molar-refractivity contribution in [3.63, 3.8) is 0 Å². The molecule has 19 heavy (non-hydrogen) atoms. The third-order valence-corrected chi connectivity index (χ3v) is 2.46. The van der Waals surface area contributed by atoms with Gasteiger partial charge in [-0.3, -0.25) is 4.79 Å². The number of nitrogens with zero attached hydrogens (tertiary/aromatic N) is 1. The van der Waals surface area contributed by atoms with Gasteiger partial charge in [0.15, 0.2) is 0 Å². The van der Waals surface area contributed by atoms with Crippen LogP contribution in [0.15, 0.2) is 54.7 Å². The van der Waals surface area contributed by atoms with E-state index in [1.807, 2.05) is 0 Å². The second-order valence-electron chi connectivity index (χ2n) is 3.81. The number of amides is 1. The van der Waals surface area contributed by atoms with E-state index in [0.29, 0.717) is 5.56 Å². The molecule has 0 spiro atoms. The lowest BCUT2D eigenvalue weighted by atomic mass is 10.1. The van der Waals surface area contributed by atoms with Crippen LogP contribution in [-0.2, 0) is 9.53 Å². The third-order valence-electron chi connectivity index (χ3n) is 2.46. The van der Waals surface area contributed by atoms with Gasteiger partial charge in [-0.25, -0.2) is 9.78 Å². The average molecular weight is 256 g/mol. The molecule has 0 bridgehead atoms. The van der Waals surface area contributed by atoms with Crippen molar-refractivity contribution < 1.29 is 14.3 Å². The van der Waals surface area contributed by atoms with Crippen molar-refractivity contribution in [1.29, 1.82) is 0 Å². The first kappa shape index (κ1) is 12.8. The van der Waals surface area contributed by atoms with E-state index >= 15 is 0 Å². The predicted molar refractivity (Wildman–Crippen MR) is 68.0 cm³/mol. The van der Waals surface area contributed by atoms with Crippen LogP contribution in [0.4, 0.5) is 0 Å². The largest absolute Gasteiger partial charge is 0.443 e. The Bertz CT molecular complexity index is 570. The van der Waals surface area contributed by atoms with Gasteiger partial charge in [0.2, 0.25) is 6.10 Å². The van der Waals surface area contributed by atoms with E-state index in [1.54, 1.807) is 42.5 Å². The molecule has 0 aliphatic carbocycles. The first-order valence-electron chi connectivity index (χ1n) is 5.65. The van der Waals surface area contributed by atoms with Crippen LogP contribution < -0.4 is 5.73 Å². The first-order valence-corrected chi connectivity index (χ1v) is 5.65. The van der Waals surface area contributed by atoms with Crippen LogP contribution >= 0.6 is 0 Å². The Hall–Kier alpha value is -2.69. The Morgan fingerprint density at radius 1 is 1.05 bits per heavy atom. The Labute approximate surface area is 110 Å². The molecule has 1 atom stereocenters. The van der Waals surface area contributed by atoms with Gasteiger partial charge in [0.05, 0.1) is 0 Å². The molecule has 1 aromatic carbocycles. The molecular weight excluding hydrogens is 244 g/mol. The van der Waals surface area contributed by atoms with Crippen LogP contribution in [0, 0.1) is 0 Å². The number of esters is 1. The van der Waals surface area contributed by atoms with Crippen LogP contribution in [-0.4, -0.2) is 16.9 Å². The number of benzene rings is 1. The molecule has 0 saturated carbocycles. The summed E-state index contributed by atoms with van der Waals surface area (Å²) in [6.07, 6.45) is 0.356. The Morgan fingerprint density at radius 3 is 2.32 bits per heavy atom. The zero-order valence-corrected chi connectivity index (χ0v) is 10.0. The minimum absolute atomic E-state index is 0.129. The summed E-state index contributed by atoms with van der Waals surface area (Å²) < 4.78 is 5.11. The SMILES string of the molecule is NC(=O)C(OC(=O)c1ccccn1)c1ccccc1. The van der Waals surface area contributed by atoms with E-state index in [4.69, 9.17) is 10.5 Å². The maximum absolute atomic E-state index is 11.8. The Morgan fingerprint density at radius 2 is 1.74 bits per heavy atom. The minimum atomic E-state index is -1.12. The Kier molecular flexibility index (Phi) is 3.87. The zero-order chi connectivity index (χ0) is 13.7. The molecule has 2 aromatic rings. The molecule has 5 nitrogen and oxygen atoms in total. The molecule has 2 N–H and O–H groups in total. The molecule has 5 heteroatoms. The highest BCUT2D eigenvalue weighted by Gasteiger charge is 2.23. The summed E-state index contributed by atoms with van der Waals surface area (Å²) in [5.74, 6) is -1.41. The lowest BCUT2D eigenvalue weighted by Crippen LogP contribution is -2.26. The fourth-order valence-corrected chi connectivity index (χ4v) is 1.57. The maximum Gasteiger partial charge on any atom is 0.358 e. The topological polar surface area (TPSA) is 82.3 Å². The van der Waals surface area contributed by atoms with Gasteiger partial charge in [-0.1, -0.05) is 36.4 Å². The second-order valence-corrected chi connectivity index (χ2v) is 3.81. The van der Waals surface area contributed by atoms with Crippen molar-refractivity contribution in [2.75, 3.05) is 0 Å². The summed E-state index contributed by atoms with van der Waals surface area (Å²) in [7, 11) is 0. The van der Waals surface area contributed by atoms with E-state index in [1.165, 1.54) is 12.3 Å². The number of nitrogens with two attached hydrogens (primary N) is 1. The van der Waals surface area contributed by atoms with Crippen LogP contribution in [0.3, 0.4) is 0 Å². The lowest BCUT2D eigenvalue weighted by Gasteiger charge is -2.14. The van der Waals surface area contributed by atoms with Gasteiger partial charge in [-0.15, -0.1) is 0 Å². The van der Waals surface area contributed by atoms with Crippen LogP contribution in [0.2, 0.25) is 0 Å². The first-order chi connectivity index (χ1) is 9.18. The van der Waals surface area contributed by atoms with Crippen molar-refractivity contribution in [2.45, 2.75) is 6.10 Å². The summed E-state index contributed by atoms with van der Waals surface area (Å²) in [6, 6.07) is 13.4. The molecular formula is C14H12N2O3. The smallest absolute Gasteiger partial charge is 0.358 e. The van der Waals surface area contributed by atoms with Crippen LogP contribution in [0.1, 0.15) is 22.2 Å². The molecule has 0 saturated heterocycles. The predicted octanol–water partition coefficient (Wildman–Crippen LogP) is 1.47. The summed E-state index contributed by atoms with van der Waals surface area (Å²) in [5, 5.41) is 0. The number of primary amides is 1. The number of pyridine rings is 1. The number of carbonyl (C=O) groups excluding carboxylic acids is 2. The fourth-order valence-electron chi connectivity index (χ4n) is 1.57. The third kappa shape index (κ3) is 3.16. The summed E-state index contributed by atoms with van der Waals surface area (Å²) in [4.78, 5) is 27.1. The van der Waals surface area contributed by atoms with E-state index in [-0.39, 0.29) is 5.69 Å². The molecule has 0 fully saturated rings. The summed E-state index contributed by atoms with van der Waals surface area (Å²) >= 11 is 0. The van der Waals surface area contributed by atoms with Gasteiger partial charge in [0, 0.05) is 11.8 Å². The van der Waals surface area contributed by atoms with E-state index in [9.17, 15) is 9.59 Å². The van der Waals surface area contributed by atoms with Crippen molar-refractivity contribution in [1.82, 2.24) is 4.98 Å². The van der Waals surface area contributed by atoms with E-state index in [2.05, 4.69) is 4.98 Å². The molecule has 0 aliphatic heterocycles. The van der Waals surface area contributed by atoms with Gasteiger partial charge in [-0.2, -0.15) is 0 Å². The molecule has 96 valence electrons. The molecule has 0 aliphatic rings. The fraction of sp³-hybridized carbons (Fsp3) is 0.0714. The highest BCUT2D eigenvalue weighted by Crippen LogP contribution is 2.18. The average Bonchev–Trinajstić information content (AvgIpc) is 2.46. The Balaban J connectivity index is 2.19. The summed E-state index contributed by atoms with van der Waals surface area (Å²) in [5.41, 5.74) is 5.91. The maximum atomic E-state index is 11.8. The standard InChI is InChI=1S/C14H12N2O3/c15-13(17)12(10-6-2-1-3-7-10)19-14(18)11-8-4-5-9-16-11/h1-9,12H,(H2,15,17). The monoisotopic (exact) mass is 256 g/mol. The minimum Gasteiger partial charge on any atom is -0.443 e. The number of hydrogen-bond acceptors (Lipinski definition) is 4. The number of aromatic nitrogens is 1. The van der Waals surface area contributed by atoms with Crippen LogP contribution in [0.5, 0.6) is 0 Å². The normalized spacial score (nSPS) is 11.6. The number of carbonyl (C=O) groups is 2. The molecule has 1 aromatic heterocycles.